The van der Waals surface area contributed by atoms with E-state index < -0.39 is 16.1 Å². The Bertz CT molecular complexity index is 299. The van der Waals surface area contributed by atoms with Crippen LogP contribution in [0.15, 0.2) is 50.6 Å². The molecule has 0 saturated carbocycles. The van der Waals surface area contributed by atoms with E-state index in [9.17, 15) is 3.32 Å². The molecule has 0 aliphatic heterocycles. The number of hydrogen-bond acceptors (Lipinski definition) is 3. The molecule has 0 radical (unpaired) electrons. The molecule has 0 rings (SSSR count). The molecule has 0 heterocycles. The molecule has 0 aromatic heterocycles. The second-order valence-electron chi connectivity index (χ2n) is 3.55. The zero-order chi connectivity index (χ0) is 12.5. The van der Waals surface area contributed by atoms with Gasteiger partial charge in [-0.2, -0.15) is 0 Å². The van der Waals surface area contributed by atoms with Crippen molar-refractivity contribution < 1.29 is 26.0 Å². The van der Waals surface area contributed by atoms with Gasteiger partial charge < -0.3 is 0 Å². The van der Waals surface area contributed by atoms with Crippen molar-refractivity contribution in [3.8, 4) is 0 Å². The van der Waals surface area contributed by atoms with Gasteiger partial charge in [0.2, 0.25) is 0 Å². The van der Waals surface area contributed by atoms with Crippen molar-refractivity contribution in [2.75, 3.05) is 13.2 Å². The third-order valence-electron chi connectivity index (χ3n) is 2.12. The monoisotopic (exact) mass is 260 g/mol. The van der Waals surface area contributed by atoms with Crippen LogP contribution in [-0.2, 0) is 26.0 Å². The maximum absolute atomic E-state index is 12.9. The van der Waals surface area contributed by atoms with Gasteiger partial charge in [0.1, 0.15) is 0 Å². The molecule has 3 nitrogen and oxygen atoms in total. The molecule has 0 aromatic carbocycles. The van der Waals surface area contributed by atoms with Crippen LogP contribution in [0, 0.1) is 0 Å². The van der Waals surface area contributed by atoms with Crippen molar-refractivity contribution in [1.82, 2.24) is 0 Å². The van der Waals surface area contributed by atoms with Gasteiger partial charge >= 0.3 is 99.3 Å². The summed E-state index contributed by atoms with van der Waals surface area (Å²) in [6, 6.07) is 0. The first kappa shape index (κ1) is 15.4. The van der Waals surface area contributed by atoms with Gasteiger partial charge in [-0.15, -0.1) is 0 Å². The Kier molecular flexibility index (Phi) is 6.61. The molecule has 4 heteroatoms. The van der Waals surface area contributed by atoms with Crippen molar-refractivity contribution in [3.05, 3.63) is 50.6 Å². The molecular formula is C12H20O3Ti. The molecule has 0 saturated heterocycles. The Morgan fingerprint density at radius 2 is 1.19 bits per heavy atom. The number of allylic oxidation sites excluding steroid dienone is 2. The average molecular weight is 260 g/mol. The summed E-state index contributed by atoms with van der Waals surface area (Å²) in [5.41, 5.74) is 0. The minimum absolute atomic E-state index is 0.194. The van der Waals surface area contributed by atoms with Crippen LogP contribution in [0.2, 0.25) is 9.45 Å². The first-order valence-corrected chi connectivity index (χ1v) is 9.28. The van der Waals surface area contributed by atoms with Gasteiger partial charge in [0.05, 0.1) is 0 Å². The SMILES string of the molecule is C=CC[O][Ti](=[O])([CH2]C=C)([CH2]C=C)[O]CC=C. The van der Waals surface area contributed by atoms with E-state index >= 15 is 0 Å². The Labute approximate surface area is 99.3 Å². The van der Waals surface area contributed by atoms with Crippen LogP contribution in [0.5, 0.6) is 0 Å². The Morgan fingerprint density at radius 1 is 0.812 bits per heavy atom. The Hall–Kier alpha value is -0.606. The van der Waals surface area contributed by atoms with Gasteiger partial charge in [-0.3, -0.25) is 0 Å². The summed E-state index contributed by atoms with van der Waals surface area (Å²) < 4.78 is 24.2. The maximum atomic E-state index is 12.9. The van der Waals surface area contributed by atoms with Crippen LogP contribution in [-0.4, -0.2) is 13.2 Å². The molecule has 0 aliphatic carbocycles. The summed E-state index contributed by atoms with van der Waals surface area (Å²) >= 11 is -4.68. The van der Waals surface area contributed by atoms with E-state index in [4.69, 9.17) is 6.64 Å². The second-order valence-corrected chi connectivity index (χ2v) is 9.99. The van der Waals surface area contributed by atoms with Gasteiger partial charge in [-0.05, 0) is 0 Å². The topological polar surface area (TPSA) is 35.5 Å². The minimum atomic E-state index is -4.68. The summed E-state index contributed by atoms with van der Waals surface area (Å²) in [6.45, 7) is 14.6. The molecule has 0 fully saturated rings. The van der Waals surface area contributed by atoms with Crippen LogP contribution in [0.1, 0.15) is 0 Å². The molecule has 0 N–H and O–H groups in total. The van der Waals surface area contributed by atoms with Crippen molar-refractivity contribution in [3.63, 3.8) is 0 Å². The van der Waals surface area contributed by atoms with E-state index in [1.54, 1.807) is 24.3 Å². The van der Waals surface area contributed by atoms with Gasteiger partial charge in [-0.1, -0.05) is 0 Å². The van der Waals surface area contributed by atoms with Crippen molar-refractivity contribution >= 4 is 0 Å². The van der Waals surface area contributed by atoms with Gasteiger partial charge in [0, 0.05) is 0 Å². The fourth-order valence-corrected chi connectivity index (χ4v) is 5.81. The first-order chi connectivity index (χ1) is 7.54. The van der Waals surface area contributed by atoms with E-state index in [-0.39, 0.29) is 22.7 Å². The summed E-state index contributed by atoms with van der Waals surface area (Å²) in [5.74, 6) is 0. The molecule has 90 valence electrons. The second kappa shape index (κ2) is 6.87. The van der Waals surface area contributed by atoms with Gasteiger partial charge in [0.15, 0.2) is 0 Å². The van der Waals surface area contributed by atoms with Crippen LogP contribution < -0.4 is 0 Å². The molecule has 0 amide bonds. The van der Waals surface area contributed by atoms with Crippen LogP contribution >= 0.6 is 0 Å². The Morgan fingerprint density at radius 3 is 1.44 bits per heavy atom. The molecule has 0 unspecified atom stereocenters. The van der Waals surface area contributed by atoms with Crippen LogP contribution in [0.25, 0.3) is 0 Å². The van der Waals surface area contributed by atoms with Gasteiger partial charge in [-0.25, -0.2) is 0 Å². The molecule has 0 atom stereocenters. The van der Waals surface area contributed by atoms with E-state index in [1.165, 1.54) is 0 Å². The summed E-state index contributed by atoms with van der Waals surface area (Å²) in [4.78, 5) is 0. The van der Waals surface area contributed by atoms with E-state index in [1.807, 2.05) is 0 Å². The van der Waals surface area contributed by atoms with E-state index in [2.05, 4.69) is 26.3 Å². The quantitative estimate of drug-likeness (QED) is 0.445. The molecule has 16 heavy (non-hydrogen) atoms. The predicted octanol–water partition coefficient (Wildman–Crippen LogP) is 3.47. The number of rotatable bonds is 10. The van der Waals surface area contributed by atoms with E-state index in [0.29, 0.717) is 0 Å². The van der Waals surface area contributed by atoms with Crippen LogP contribution in [0.4, 0.5) is 0 Å². The van der Waals surface area contributed by atoms with Crippen molar-refractivity contribution in [1.29, 1.82) is 0 Å². The van der Waals surface area contributed by atoms with E-state index in [0.717, 1.165) is 0 Å². The standard InChI is InChI=1S/2C3H5O.2C3H5.O.Ti/c2*1-2-3-4;2*1-3-2;;/h2*2H,1,3H2;2*3H,1-2H2;;/q2*-1;;;;+2. The summed E-state index contributed by atoms with van der Waals surface area (Å²) in [7, 11) is 0. The van der Waals surface area contributed by atoms with Crippen molar-refractivity contribution in [2.24, 2.45) is 0 Å². The zero-order valence-electron chi connectivity index (χ0n) is 9.69. The third kappa shape index (κ3) is 4.50. The average Bonchev–Trinajstić information content (AvgIpc) is 2.25. The zero-order valence-corrected chi connectivity index (χ0v) is 11.3. The fraction of sp³-hybridized carbons (Fsp3) is 0.333. The predicted molar refractivity (Wildman–Crippen MR) is 63.0 cm³/mol. The molecule has 0 spiro atoms. The molecule has 0 bridgehead atoms. The molecule has 0 aromatic rings. The fourth-order valence-electron chi connectivity index (χ4n) is 1.41. The van der Waals surface area contributed by atoms with Crippen molar-refractivity contribution in [2.45, 2.75) is 9.45 Å². The first-order valence-electron chi connectivity index (χ1n) is 5.16. The van der Waals surface area contributed by atoms with Gasteiger partial charge in [0.25, 0.3) is 0 Å². The molecule has 0 aliphatic rings. The Balaban J connectivity index is 5.08. The number of hydrogen-bond donors (Lipinski definition) is 0. The summed E-state index contributed by atoms with van der Waals surface area (Å²) in [6.07, 6.45) is 6.20. The summed E-state index contributed by atoms with van der Waals surface area (Å²) in [5, 5.41) is 0. The third-order valence-corrected chi connectivity index (χ3v) is 8.02. The van der Waals surface area contributed by atoms with Crippen LogP contribution in [0.3, 0.4) is 0 Å². The normalized spacial score (nSPS) is 11.8. The molecular weight excluding hydrogens is 240 g/mol.